The van der Waals surface area contributed by atoms with Gasteiger partial charge in [0.05, 0.1) is 6.61 Å². The zero-order valence-corrected chi connectivity index (χ0v) is 18.5. The van der Waals surface area contributed by atoms with E-state index in [9.17, 15) is 14.7 Å². The minimum absolute atomic E-state index is 0.00870. The van der Waals surface area contributed by atoms with Crippen molar-refractivity contribution < 1.29 is 28.9 Å². The van der Waals surface area contributed by atoms with E-state index in [1.807, 2.05) is 19.1 Å². The smallest absolute Gasteiger partial charge is 0.263 e. The van der Waals surface area contributed by atoms with Crippen molar-refractivity contribution >= 4 is 11.8 Å². The Balaban J connectivity index is 1.40. The molecule has 2 amide bonds. The van der Waals surface area contributed by atoms with Crippen molar-refractivity contribution in [2.24, 2.45) is 0 Å². The second-order valence-corrected chi connectivity index (χ2v) is 7.59. The third kappa shape index (κ3) is 6.54. The SMILES string of the molecule is CCOc1ccccc1OCC(=O)NC1CCN(C(=O)C(C)Oc2ccc(O)cc2)CC1. The number of aromatic hydroxyl groups is 1. The molecule has 1 heterocycles. The highest BCUT2D eigenvalue weighted by Gasteiger charge is 2.27. The minimum Gasteiger partial charge on any atom is -0.508 e. The van der Waals surface area contributed by atoms with Gasteiger partial charge < -0.3 is 29.5 Å². The highest BCUT2D eigenvalue weighted by molar-refractivity contribution is 5.81. The molecule has 2 N–H and O–H groups in total. The Morgan fingerprint density at radius 3 is 2.31 bits per heavy atom. The number of carbonyl (C=O) groups is 2. The number of piperidine rings is 1. The van der Waals surface area contributed by atoms with Gasteiger partial charge in [-0.3, -0.25) is 9.59 Å². The quantitative estimate of drug-likeness (QED) is 0.620. The van der Waals surface area contributed by atoms with Crippen LogP contribution in [0.25, 0.3) is 0 Å². The number of phenolic OH excluding ortho intramolecular Hbond substituents is 1. The average molecular weight is 443 g/mol. The van der Waals surface area contributed by atoms with Gasteiger partial charge in [0.1, 0.15) is 11.5 Å². The lowest BCUT2D eigenvalue weighted by atomic mass is 10.0. The molecule has 8 heteroatoms. The van der Waals surface area contributed by atoms with Crippen LogP contribution in [0.2, 0.25) is 0 Å². The Kier molecular flexibility index (Phi) is 8.19. The monoisotopic (exact) mass is 442 g/mol. The number of phenols is 1. The summed E-state index contributed by atoms with van der Waals surface area (Å²) in [5.74, 6) is 1.51. The zero-order valence-electron chi connectivity index (χ0n) is 18.5. The second kappa shape index (κ2) is 11.3. The number of para-hydroxylation sites is 2. The number of benzene rings is 2. The molecule has 0 aromatic heterocycles. The van der Waals surface area contributed by atoms with Gasteiger partial charge in [-0.15, -0.1) is 0 Å². The van der Waals surface area contributed by atoms with Gasteiger partial charge in [-0.25, -0.2) is 0 Å². The summed E-state index contributed by atoms with van der Waals surface area (Å²) in [5, 5.41) is 12.3. The van der Waals surface area contributed by atoms with E-state index in [1.165, 1.54) is 12.1 Å². The standard InChI is InChI=1S/C24H30N2O6/c1-3-30-21-6-4-5-7-22(21)31-16-23(28)25-18-12-14-26(15-13-18)24(29)17(2)32-20-10-8-19(27)9-11-20/h4-11,17-18,27H,3,12-16H2,1-2H3,(H,25,28). The molecule has 0 saturated carbocycles. The van der Waals surface area contributed by atoms with E-state index in [2.05, 4.69) is 5.32 Å². The number of ether oxygens (including phenoxy) is 3. The van der Waals surface area contributed by atoms with Crippen LogP contribution in [0.3, 0.4) is 0 Å². The summed E-state index contributed by atoms with van der Waals surface area (Å²) in [6.45, 7) is 5.10. The molecule has 1 fully saturated rings. The fraction of sp³-hybridized carbons (Fsp3) is 0.417. The number of nitrogens with zero attached hydrogens (tertiary/aromatic N) is 1. The third-order valence-corrected chi connectivity index (χ3v) is 5.18. The third-order valence-electron chi connectivity index (χ3n) is 5.18. The minimum atomic E-state index is -0.635. The molecule has 2 aromatic carbocycles. The van der Waals surface area contributed by atoms with Crippen molar-refractivity contribution in [3.63, 3.8) is 0 Å². The Labute approximate surface area is 188 Å². The highest BCUT2D eigenvalue weighted by atomic mass is 16.5. The Morgan fingerprint density at radius 2 is 1.69 bits per heavy atom. The number of rotatable bonds is 9. The molecule has 1 saturated heterocycles. The van der Waals surface area contributed by atoms with Gasteiger partial charge in [0.25, 0.3) is 11.8 Å². The van der Waals surface area contributed by atoms with E-state index in [0.717, 1.165) is 0 Å². The average Bonchev–Trinajstić information content (AvgIpc) is 2.80. The van der Waals surface area contributed by atoms with E-state index < -0.39 is 6.10 Å². The molecule has 1 aliphatic rings. The maximum atomic E-state index is 12.7. The molecule has 1 atom stereocenters. The first-order chi connectivity index (χ1) is 15.5. The number of nitrogens with one attached hydrogen (secondary N) is 1. The van der Waals surface area contributed by atoms with Crippen LogP contribution in [0.1, 0.15) is 26.7 Å². The molecule has 8 nitrogen and oxygen atoms in total. The molecule has 2 aromatic rings. The second-order valence-electron chi connectivity index (χ2n) is 7.59. The highest BCUT2D eigenvalue weighted by Crippen LogP contribution is 2.26. The Morgan fingerprint density at radius 1 is 1.06 bits per heavy atom. The molecular formula is C24H30N2O6. The van der Waals surface area contributed by atoms with Crippen LogP contribution in [0, 0.1) is 0 Å². The van der Waals surface area contributed by atoms with E-state index in [1.54, 1.807) is 36.1 Å². The lowest BCUT2D eigenvalue weighted by Gasteiger charge is -2.33. The molecule has 0 aliphatic carbocycles. The maximum Gasteiger partial charge on any atom is 0.263 e. The van der Waals surface area contributed by atoms with Crippen LogP contribution in [-0.4, -0.2) is 60.3 Å². The lowest BCUT2D eigenvalue weighted by molar-refractivity contribution is -0.139. The van der Waals surface area contributed by atoms with Gasteiger partial charge in [-0.2, -0.15) is 0 Å². The summed E-state index contributed by atoms with van der Waals surface area (Å²) in [6.07, 6.45) is 0.697. The Bertz CT molecular complexity index is 894. The summed E-state index contributed by atoms with van der Waals surface area (Å²) in [6, 6.07) is 13.5. The normalized spacial score (nSPS) is 15.0. The predicted octanol–water partition coefficient (Wildman–Crippen LogP) is 2.74. The molecular weight excluding hydrogens is 412 g/mol. The summed E-state index contributed by atoms with van der Waals surface area (Å²) in [4.78, 5) is 26.7. The molecule has 1 aliphatic heterocycles. The van der Waals surface area contributed by atoms with E-state index in [0.29, 0.717) is 49.8 Å². The maximum absolute atomic E-state index is 12.7. The summed E-state index contributed by atoms with van der Waals surface area (Å²) in [5.41, 5.74) is 0. The van der Waals surface area contributed by atoms with Crippen molar-refractivity contribution in [1.29, 1.82) is 0 Å². The first-order valence-corrected chi connectivity index (χ1v) is 10.8. The number of carbonyl (C=O) groups excluding carboxylic acids is 2. The van der Waals surface area contributed by atoms with Crippen molar-refractivity contribution in [2.75, 3.05) is 26.3 Å². The first-order valence-electron chi connectivity index (χ1n) is 10.8. The van der Waals surface area contributed by atoms with Gasteiger partial charge in [0.15, 0.2) is 24.2 Å². The predicted molar refractivity (Wildman–Crippen MR) is 119 cm³/mol. The van der Waals surface area contributed by atoms with Crippen molar-refractivity contribution in [3.05, 3.63) is 48.5 Å². The molecule has 3 rings (SSSR count). The molecule has 0 bridgehead atoms. The van der Waals surface area contributed by atoms with Crippen molar-refractivity contribution in [3.8, 4) is 23.0 Å². The van der Waals surface area contributed by atoms with Gasteiger partial charge in [-0.05, 0) is 63.1 Å². The molecule has 1 unspecified atom stereocenters. The zero-order chi connectivity index (χ0) is 22.9. The number of amides is 2. The number of hydrogen-bond acceptors (Lipinski definition) is 6. The van der Waals surface area contributed by atoms with Crippen LogP contribution in [0.4, 0.5) is 0 Å². The van der Waals surface area contributed by atoms with Gasteiger partial charge in [0, 0.05) is 19.1 Å². The molecule has 172 valence electrons. The molecule has 0 radical (unpaired) electrons. The van der Waals surface area contributed by atoms with E-state index >= 15 is 0 Å². The Hall–Kier alpha value is -3.42. The molecule has 32 heavy (non-hydrogen) atoms. The summed E-state index contributed by atoms with van der Waals surface area (Å²) < 4.78 is 16.8. The largest absolute Gasteiger partial charge is 0.508 e. The van der Waals surface area contributed by atoms with Crippen LogP contribution in [0.15, 0.2) is 48.5 Å². The summed E-state index contributed by atoms with van der Waals surface area (Å²) >= 11 is 0. The fourth-order valence-corrected chi connectivity index (χ4v) is 3.54. The fourth-order valence-electron chi connectivity index (χ4n) is 3.54. The first kappa shape index (κ1) is 23.2. The molecule has 0 spiro atoms. The van der Waals surface area contributed by atoms with E-state index in [-0.39, 0.29) is 30.2 Å². The lowest BCUT2D eigenvalue weighted by Crippen LogP contribution is -2.50. The van der Waals surface area contributed by atoms with Crippen molar-refractivity contribution in [1.82, 2.24) is 10.2 Å². The van der Waals surface area contributed by atoms with Gasteiger partial charge in [-0.1, -0.05) is 12.1 Å². The van der Waals surface area contributed by atoms with Crippen LogP contribution in [-0.2, 0) is 9.59 Å². The van der Waals surface area contributed by atoms with Crippen LogP contribution in [0.5, 0.6) is 23.0 Å². The van der Waals surface area contributed by atoms with Crippen LogP contribution >= 0.6 is 0 Å². The van der Waals surface area contributed by atoms with Gasteiger partial charge in [0.2, 0.25) is 0 Å². The number of hydrogen-bond donors (Lipinski definition) is 2. The van der Waals surface area contributed by atoms with Crippen LogP contribution < -0.4 is 19.5 Å². The van der Waals surface area contributed by atoms with E-state index in [4.69, 9.17) is 14.2 Å². The summed E-state index contributed by atoms with van der Waals surface area (Å²) in [7, 11) is 0. The van der Waals surface area contributed by atoms with Crippen molar-refractivity contribution in [2.45, 2.75) is 38.8 Å². The van der Waals surface area contributed by atoms with Gasteiger partial charge >= 0.3 is 0 Å². The number of likely N-dealkylation sites (tertiary alicyclic amines) is 1. The topological polar surface area (TPSA) is 97.3 Å².